The third-order valence-corrected chi connectivity index (χ3v) is 4.84. The Kier molecular flexibility index (Phi) is 11.7. The van der Waals surface area contributed by atoms with Gasteiger partial charge in [-0.05, 0) is 29.0 Å². The molecule has 33 heavy (non-hydrogen) atoms. The highest BCUT2D eigenvalue weighted by Gasteiger charge is 2.27. The standard InChI is InChI=1S/C24H32FN3O3.C2H6/c1-5-6-13-28(22(30)14-24(2,3)4)23(31)27-21(16-29)18-9-7-17(8-10-18)19-11-12-26-15-20(19)25;1-2/h7-12,15,21,29H,5-6,13-14,16H2,1-4H3,(H,27,31);1-2H3. The summed E-state index contributed by atoms with van der Waals surface area (Å²) in [5.74, 6) is -0.662. The fourth-order valence-electron chi connectivity index (χ4n) is 3.17. The van der Waals surface area contributed by atoms with Crippen LogP contribution in [-0.4, -0.2) is 40.1 Å². The second-order valence-corrected chi connectivity index (χ2v) is 8.80. The third-order valence-electron chi connectivity index (χ3n) is 4.84. The molecule has 0 aliphatic carbocycles. The number of amides is 3. The molecule has 0 radical (unpaired) electrons. The molecule has 6 nitrogen and oxygen atoms in total. The summed E-state index contributed by atoms with van der Waals surface area (Å²) in [5.41, 5.74) is 1.50. The molecule has 0 bridgehead atoms. The van der Waals surface area contributed by atoms with Crippen molar-refractivity contribution in [1.29, 1.82) is 0 Å². The Hall–Kier alpha value is -2.80. The molecule has 0 aliphatic heterocycles. The van der Waals surface area contributed by atoms with Crippen molar-refractivity contribution >= 4 is 11.9 Å². The Balaban J connectivity index is 0.00000265. The van der Waals surface area contributed by atoms with Crippen molar-refractivity contribution in [3.63, 3.8) is 0 Å². The number of unbranched alkanes of at least 4 members (excludes halogenated alkanes) is 1. The highest BCUT2D eigenvalue weighted by atomic mass is 19.1. The number of aliphatic hydroxyl groups is 1. The lowest BCUT2D eigenvalue weighted by Gasteiger charge is -2.27. The Bertz CT molecular complexity index is 879. The van der Waals surface area contributed by atoms with Gasteiger partial charge < -0.3 is 10.4 Å². The van der Waals surface area contributed by atoms with Crippen LogP contribution in [0, 0.1) is 11.2 Å². The average molecular weight is 460 g/mol. The first-order chi connectivity index (χ1) is 15.7. The van der Waals surface area contributed by atoms with Crippen molar-refractivity contribution in [2.24, 2.45) is 5.41 Å². The van der Waals surface area contributed by atoms with Gasteiger partial charge in [0.05, 0.1) is 18.8 Å². The second-order valence-electron chi connectivity index (χ2n) is 8.80. The molecule has 1 aromatic heterocycles. The number of urea groups is 1. The van der Waals surface area contributed by atoms with Crippen LogP contribution in [0.2, 0.25) is 0 Å². The molecule has 7 heteroatoms. The topological polar surface area (TPSA) is 82.5 Å². The SMILES string of the molecule is CC.CCCCN(C(=O)CC(C)(C)C)C(=O)NC(CO)c1ccc(-c2ccncc2F)cc1. The number of nitrogens with zero attached hydrogens (tertiary/aromatic N) is 2. The van der Waals surface area contributed by atoms with Crippen LogP contribution >= 0.6 is 0 Å². The lowest BCUT2D eigenvalue weighted by atomic mass is 9.91. The van der Waals surface area contributed by atoms with Gasteiger partial charge in [-0.1, -0.05) is 72.2 Å². The second kappa shape index (κ2) is 13.7. The van der Waals surface area contributed by atoms with E-state index in [1.807, 2.05) is 41.5 Å². The molecule has 0 aliphatic rings. The van der Waals surface area contributed by atoms with Crippen molar-refractivity contribution in [2.75, 3.05) is 13.2 Å². The smallest absolute Gasteiger partial charge is 0.324 e. The van der Waals surface area contributed by atoms with Crippen LogP contribution in [0.4, 0.5) is 9.18 Å². The maximum absolute atomic E-state index is 14.0. The minimum absolute atomic E-state index is 0.237. The number of pyridine rings is 1. The van der Waals surface area contributed by atoms with Crippen LogP contribution in [0.15, 0.2) is 42.7 Å². The van der Waals surface area contributed by atoms with Gasteiger partial charge in [-0.3, -0.25) is 14.7 Å². The highest BCUT2D eigenvalue weighted by Crippen LogP contribution is 2.24. The highest BCUT2D eigenvalue weighted by molar-refractivity contribution is 5.94. The zero-order chi connectivity index (χ0) is 25.0. The minimum atomic E-state index is -0.685. The zero-order valence-corrected chi connectivity index (χ0v) is 20.7. The number of aromatic nitrogens is 1. The maximum atomic E-state index is 14.0. The van der Waals surface area contributed by atoms with E-state index in [1.165, 1.54) is 11.1 Å². The van der Waals surface area contributed by atoms with Gasteiger partial charge in [-0.2, -0.15) is 0 Å². The summed E-state index contributed by atoms with van der Waals surface area (Å²) in [7, 11) is 0. The number of aliphatic hydroxyl groups excluding tert-OH is 1. The Morgan fingerprint density at radius 1 is 1.15 bits per heavy atom. The predicted molar refractivity (Wildman–Crippen MR) is 130 cm³/mol. The van der Waals surface area contributed by atoms with Gasteiger partial charge >= 0.3 is 6.03 Å². The number of hydrogen-bond donors (Lipinski definition) is 2. The lowest BCUT2D eigenvalue weighted by molar-refractivity contribution is -0.130. The van der Waals surface area contributed by atoms with E-state index in [-0.39, 0.29) is 24.3 Å². The largest absolute Gasteiger partial charge is 0.394 e. The molecule has 0 saturated heterocycles. The molecule has 2 aromatic rings. The van der Waals surface area contributed by atoms with Crippen molar-refractivity contribution < 1.29 is 19.1 Å². The first-order valence-electron chi connectivity index (χ1n) is 11.6. The van der Waals surface area contributed by atoms with E-state index in [0.29, 0.717) is 29.7 Å². The van der Waals surface area contributed by atoms with Crippen LogP contribution in [0.5, 0.6) is 0 Å². The number of carbonyl (C=O) groups is 2. The van der Waals surface area contributed by atoms with Gasteiger partial charge in [0.1, 0.15) is 5.82 Å². The van der Waals surface area contributed by atoms with E-state index in [1.54, 1.807) is 30.3 Å². The summed E-state index contributed by atoms with van der Waals surface area (Å²) in [6.45, 7) is 11.8. The number of halogens is 1. The monoisotopic (exact) mass is 459 g/mol. The van der Waals surface area contributed by atoms with E-state index >= 15 is 0 Å². The number of hydrogen-bond acceptors (Lipinski definition) is 4. The van der Waals surface area contributed by atoms with Crippen molar-refractivity contribution in [1.82, 2.24) is 15.2 Å². The average Bonchev–Trinajstić information content (AvgIpc) is 2.78. The van der Waals surface area contributed by atoms with Gasteiger partial charge in [0, 0.05) is 24.7 Å². The molecule has 2 rings (SSSR count). The summed E-state index contributed by atoms with van der Waals surface area (Å²) in [6.07, 6.45) is 4.48. The normalized spacial score (nSPS) is 11.8. The summed E-state index contributed by atoms with van der Waals surface area (Å²) in [6, 6.07) is 7.28. The predicted octanol–water partition coefficient (Wildman–Crippen LogP) is 5.72. The number of benzene rings is 1. The summed E-state index contributed by atoms with van der Waals surface area (Å²) in [5, 5.41) is 12.6. The van der Waals surface area contributed by atoms with Crippen LogP contribution in [0.25, 0.3) is 11.1 Å². The Morgan fingerprint density at radius 3 is 2.30 bits per heavy atom. The first-order valence-corrected chi connectivity index (χ1v) is 11.6. The number of imide groups is 1. The summed E-state index contributed by atoms with van der Waals surface area (Å²) < 4.78 is 14.0. The first kappa shape index (κ1) is 28.2. The molecule has 1 aromatic carbocycles. The van der Waals surface area contributed by atoms with Crippen LogP contribution < -0.4 is 5.32 Å². The van der Waals surface area contributed by atoms with Crippen molar-refractivity contribution in [3.05, 3.63) is 54.1 Å². The molecule has 1 unspecified atom stereocenters. The minimum Gasteiger partial charge on any atom is -0.394 e. The number of nitrogens with one attached hydrogen (secondary N) is 1. The fourth-order valence-corrected chi connectivity index (χ4v) is 3.17. The Labute approximate surface area is 197 Å². The number of rotatable bonds is 8. The van der Waals surface area contributed by atoms with Gasteiger partial charge in [-0.15, -0.1) is 0 Å². The quantitative estimate of drug-likeness (QED) is 0.529. The molecule has 1 heterocycles. The lowest BCUT2D eigenvalue weighted by Crippen LogP contribution is -2.47. The van der Waals surface area contributed by atoms with E-state index in [4.69, 9.17) is 0 Å². The van der Waals surface area contributed by atoms with Gasteiger partial charge in [0.25, 0.3) is 0 Å². The summed E-state index contributed by atoms with van der Waals surface area (Å²) in [4.78, 5) is 30.6. The molecule has 1 atom stereocenters. The molecular formula is C26H38FN3O3. The van der Waals surface area contributed by atoms with Crippen LogP contribution in [0.3, 0.4) is 0 Å². The van der Waals surface area contributed by atoms with Gasteiger partial charge in [0.2, 0.25) is 5.91 Å². The third kappa shape index (κ3) is 8.92. The molecule has 182 valence electrons. The van der Waals surface area contributed by atoms with Crippen LogP contribution in [0.1, 0.15) is 72.4 Å². The fraction of sp³-hybridized carbons (Fsp3) is 0.500. The molecule has 0 spiro atoms. The molecule has 0 fully saturated rings. The molecule has 2 N–H and O–H groups in total. The van der Waals surface area contributed by atoms with Gasteiger partial charge in [0.15, 0.2) is 0 Å². The van der Waals surface area contributed by atoms with Crippen molar-refractivity contribution in [2.45, 2.75) is 66.8 Å². The van der Waals surface area contributed by atoms with E-state index < -0.39 is 17.9 Å². The zero-order valence-electron chi connectivity index (χ0n) is 20.7. The van der Waals surface area contributed by atoms with E-state index in [0.717, 1.165) is 12.6 Å². The number of carbonyl (C=O) groups excluding carboxylic acids is 2. The van der Waals surface area contributed by atoms with Gasteiger partial charge in [-0.25, -0.2) is 9.18 Å². The van der Waals surface area contributed by atoms with Crippen molar-refractivity contribution in [3.8, 4) is 11.1 Å². The Morgan fingerprint density at radius 2 is 1.79 bits per heavy atom. The van der Waals surface area contributed by atoms with E-state index in [9.17, 15) is 19.1 Å². The van der Waals surface area contributed by atoms with E-state index in [2.05, 4.69) is 10.3 Å². The summed E-state index contributed by atoms with van der Waals surface area (Å²) >= 11 is 0. The van der Waals surface area contributed by atoms with Crippen LogP contribution in [-0.2, 0) is 4.79 Å². The molecule has 3 amide bonds. The maximum Gasteiger partial charge on any atom is 0.324 e. The molecule has 0 saturated carbocycles. The molecular weight excluding hydrogens is 421 g/mol.